The lowest BCUT2D eigenvalue weighted by Gasteiger charge is -2.18. The predicted molar refractivity (Wildman–Crippen MR) is 82.9 cm³/mol. The molecule has 1 rings (SSSR count). The average molecular weight is 316 g/mol. The van der Waals surface area contributed by atoms with Gasteiger partial charge in [0.2, 0.25) is 0 Å². The monoisotopic (exact) mass is 315 g/mol. The van der Waals surface area contributed by atoms with Crippen molar-refractivity contribution in [2.75, 3.05) is 18.6 Å². The third-order valence-corrected chi connectivity index (χ3v) is 3.86. The molecule has 0 bridgehead atoms. The Morgan fingerprint density at radius 3 is 2.88 bits per heavy atom. The summed E-state index contributed by atoms with van der Waals surface area (Å²) in [6.07, 6.45) is 5.75. The molecule has 0 fully saturated rings. The Morgan fingerprint density at radius 2 is 2.24 bits per heavy atom. The average Bonchev–Trinajstić information content (AvgIpc) is 2.32. The van der Waals surface area contributed by atoms with Gasteiger partial charge < -0.3 is 5.32 Å². The first kappa shape index (κ1) is 15.1. The van der Waals surface area contributed by atoms with Crippen molar-refractivity contribution < 1.29 is 0 Å². The minimum absolute atomic E-state index is 0.608. The summed E-state index contributed by atoms with van der Waals surface area (Å²) in [5, 5.41) is 3.64. The van der Waals surface area contributed by atoms with E-state index in [0.29, 0.717) is 6.04 Å². The smallest absolute Gasteiger partial charge is 0.0178 e. The third kappa shape index (κ3) is 6.49. The maximum atomic E-state index is 3.64. The van der Waals surface area contributed by atoms with Crippen molar-refractivity contribution in [3.8, 4) is 0 Å². The first-order valence-corrected chi connectivity index (χ1v) is 8.41. The van der Waals surface area contributed by atoms with E-state index in [-0.39, 0.29) is 0 Å². The van der Waals surface area contributed by atoms with Gasteiger partial charge in [-0.2, -0.15) is 11.8 Å². The van der Waals surface area contributed by atoms with Crippen molar-refractivity contribution in [2.24, 2.45) is 0 Å². The lowest BCUT2D eigenvalue weighted by molar-refractivity contribution is 0.497. The molecule has 0 aliphatic heterocycles. The molecule has 0 saturated heterocycles. The molecule has 1 nitrogen and oxygen atoms in total. The van der Waals surface area contributed by atoms with Crippen LogP contribution in [-0.4, -0.2) is 24.6 Å². The van der Waals surface area contributed by atoms with Gasteiger partial charge in [0.05, 0.1) is 0 Å². The molecule has 1 aromatic carbocycles. The molecule has 96 valence electrons. The molecule has 0 aromatic heterocycles. The highest BCUT2D eigenvalue weighted by molar-refractivity contribution is 9.10. The number of hydrogen-bond donors (Lipinski definition) is 1. The van der Waals surface area contributed by atoms with Crippen molar-refractivity contribution in [1.82, 2.24) is 5.32 Å². The quantitative estimate of drug-likeness (QED) is 0.774. The van der Waals surface area contributed by atoms with Crippen LogP contribution in [0.3, 0.4) is 0 Å². The maximum absolute atomic E-state index is 3.64. The topological polar surface area (TPSA) is 12.0 Å². The first-order chi connectivity index (χ1) is 8.26. The van der Waals surface area contributed by atoms with E-state index >= 15 is 0 Å². The molecule has 0 heterocycles. The summed E-state index contributed by atoms with van der Waals surface area (Å²) in [6.45, 7) is 3.34. The predicted octanol–water partition coefficient (Wildman–Crippen LogP) is 4.11. The van der Waals surface area contributed by atoms with Crippen LogP contribution >= 0.6 is 27.7 Å². The van der Waals surface area contributed by atoms with Crippen LogP contribution in [0.2, 0.25) is 0 Å². The first-order valence-electron chi connectivity index (χ1n) is 6.23. The van der Waals surface area contributed by atoms with E-state index in [1.165, 1.54) is 28.6 Å². The SMILES string of the molecule is CCCNC(CCSC)Cc1cccc(Br)c1. The normalized spacial score (nSPS) is 12.6. The Morgan fingerprint density at radius 1 is 1.41 bits per heavy atom. The van der Waals surface area contributed by atoms with E-state index in [1.54, 1.807) is 0 Å². The van der Waals surface area contributed by atoms with Crippen LogP contribution in [0.15, 0.2) is 28.7 Å². The van der Waals surface area contributed by atoms with Crippen LogP contribution in [0.5, 0.6) is 0 Å². The molecular formula is C14H22BrNS. The van der Waals surface area contributed by atoms with Gasteiger partial charge in [-0.15, -0.1) is 0 Å². The van der Waals surface area contributed by atoms with Gasteiger partial charge in [-0.1, -0.05) is 35.0 Å². The van der Waals surface area contributed by atoms with E-state index in [1.807, 2.05) is 11.8 Å². The third-order valence-electron chi connectivity index (χ3n) is 2.72. The van der Waals surface area contributed by atoms with Gasteiger partial charge in [-0.3, -0.25) is 0 Å². The fourth-order valence-electron chi connectivity index (χ4n) is 1.83. The Kier molecular flexibility index (Phi) is 7.99. The second-order valence-corrected chi connectivity index (χ2v) is 6.17. The van der Waals surface area contributed by atoms with Crippen molar-refractivity contribution in [3.05, 3.63) is 34.3 Å². The highest BCUT2D eigenvalue weighted by Crippen LogP contribution is 2.14. The van der Waals surface area contributed by atoms with Crippen LogP contribution in [0, 0.1) is 0 Å². The molecule has 0 radical (unpaired) electrons. The molecule has 0 amide bonds. The number of hydrogen-bond acceptors (Lipinski definition) is 2. The molecule has 1 unspecified atom stereocenters. The highest BCUT2D eigenvalue weighted by atomic mass is 79.9. The summed E-state index contributed by atoms with van der Waals surface area (Å²) in [6, 6.07) is 9.24. The van der Waals surface area contributed by atoms with Crippen LogP contribution in [0.1, 0.15) is 25.3 Å². The van der Waals surface area contributed by atoms with Gasteiger partial charge in [-0.25, -0.2) is 0 Å². The van der Waals surface area contributed by atoms with Gasteiger partial charge >= 0.3 is 0 Å². The molecule has 0 saturated carbocycles. The number of halogens is 1. The van der Waals surface area contributed by atoms with Crippen LogP contribution in [-0.2, 0) is 6.42 Å². The lowest BCUT2D eigenvalue weighted by atomic mass is 10.0. The van der Waals surface area contributed by atoms with Gasteiger partial charge in [0.1, 0.15) is 0 Å². The Bertz CT molecular complexity index is 309. The molecule has 3 heteroatoms. The van der Waals surface area contributed by atoms with Crippen LogP contribution < -0.4 is 5.32 Å². The van der Waals surface area contributed by atoms with E-state index in [4.69, 9.17) is 0 Å². The lowest BCUT2D eigenvalue weighted by Crippen LogP contribution is -2.32. The summed E-state index contributed by atoms with van der Waals surface area (Å²) >= 11 is 5.46. The summed E-state index contributed by atoms with van der Waals surface area (Å²) in [5.41, 5.74) is 1.41. The maximum Gasteiger partial charge on any atom is 0.0178 e. The number of benzene rings is 1. The van der Waals surface area contributed by atoms with E-state index in [0.717, 1.165) is 13.0 Å². The van der Waals surface area contributed by atoms with Crippen molar-refractivity contribution >= 4 is 27.7 Å². The van der Waals surface area contributed by atoms with E-state index in [9.17, 15) is 0 Å². The zero-order chi connectivity index (χ0) is 12.5. The highest BCUT2D eigenvalue weighted by Gasteiger charge is 2.08. The van der Waals surface area contributed by atoms with Crippen molar-refractivity contribution in [3.63, 3.8) is 0 Å². The molecule has 0 aliphatic rings. The molecule has 1 N–H and O–H groups in total. The minimum Gasteiger partial charge on any atom is -0.314 e. The Balaban J connectivity index is 2.51. The molecule has 1 atom stereocenters. The molecule has 17 heavy (non-hydrogen) atoms. The minimum atomic E-state index is 0.608. The van der Waals surface area contributed by atoms with Gasteiger partial charge in [0.25, 0.3) is 0 Å². The number of rotatable bonds is 8. The standard InChI is InChI=1S/C14H22BrNS/c1-3-8-16-14(7-9-17-2)11-12-5-4-6-13(15)10-12/h4-6,10,14,16H,3,7-9,11H2,1-2H3. The largest absolute Gasteiger partial charge is 0.314 e. The van der Waals surface area contributed by atoms with E-state index in [2.05, 4.69) is 58.7 Å². The zero-order valence-corrected chi connectivity index (χ0v) is 13.1. The Hall–Kier alpha value is 0.01000. The summed E-state index contributed by atoms with van der Waals surface area (Å²) in [5.74, 6) is 1.23. The van der Waals surface area contributed by atoms with Crippen molar-refractivity contribution in [2.45, 2.75) is 32.2 Å². The molecule has 0 aliphatic carbocycles. The Labute approximate surface area is 118 Å². The fraction of sp³-hybridized carbons (Fsp3) is 0.571. The van der Waals surface area contributed by atoms with Crippen LogP contribution in [0.25, 0.3) is 0 Å². The van der Waals surface area contributed by atoms with Crippen molar-refractivity contribution in [1.29, 1.82) is 0 Å². The number of thioether (sulfide) groups is 1. The van der Waals surface area contributed by atoms with E-state index < -0.39 is 0 Å². The molecule has 1 aromatic rings. The van der Waals surface area contributed by atoms with Gasteiger partial charge in [0.15, 0.2) is 0 Å². The summed E-state index contributed by atoms with van der Waals surface area (Å²) < 4.78 is 1.18. The van der Waals surface area contributed by atoms with Crippen LogP contribution in [0.4, 0.5) is 0 Å². The molecular weight excluding hydrogens is 294 g/mol. The summed E-state index contributed by atoms with van der Waals surface area (Å²) in [4.78, 5) is 0. The van der Waals surface area contributed by atoms with Gasteiger partial charge in [-0.05, 0) is 55.5 Å². The fourth-order valence-corrected chi connectivity index (χ4v) is 2.80. The summed E-state index contributed by atoms with van der Waals surface area (Å²) in [7, 11) is 0. The second-order valence-electron chi connectivity index (χ2n) is 4.27. The molecule has 0 spiro atoms. The number of nitrogens with one attached hydrogen (secondary N) is 1. The zero-order valence-electron chi connectivity index (χ0n) is 10.7. The van der Waals surface area contributed by atoms with Gasteiger partial charge in [0, 0.05) is 10.5 Å². The second kappa shape index (κ2) is 9.01.